The number of aryl methyl sites for hydroxylation is 1. The number of piperidine rings is 1. The van der Waals surface area contributed by atoms with E-state index in [1.54, 1.807) is 30.1 Å². The number of pyridine rings is 1. The molecule has 2 saturated heterocycles. The third kappa shape index (κ3) is 6.06. The number of hydrogen-bond donors (Lipinski definition) is 2. The molecule has 3 aromatic heterocycles. The Labute approximate surface area is 257 Å². The number of aliphatic hydroxyl groups is 1. The Bertz CT molecular complexity index is 1660. The lowest BCUT2D eigenvalue weighted by molar-refractivity contribution is 0.0630. The molecule has 2 aliphatic heterocycles. The van der Waals surface area contributed by atoms with E-state index in [0.29, 0.717) is 17.1 Å². The Morgan fingerprint density at radius 3 is 2.48 bits per heavy atom. The van der Waals surface area contributed by atoms with Gasteiger partial charge in [-0.1, -0.05) is 0 Å². The molecule has 6 rings (SSSR count). The molecule has 0 atom stereocenters. The number of rotatable bonds is 7. The van der Waals surface area contributed by atoms with Crippen LogP contribution in [0.1, 0.15) is 42.7 Å². The maximum atomic E-state index is 15.7. The fourth-order valence-corrected chi connectivity index (χ4v) is 6.34. The first-order valence-corrected chi connectivity index (χ1v) is 15.3. The van der Waals surface area contributed by atoms with E-state index >= 15 is 4.39 Å². The lowest BCUT2D eigenvalue weighted by Crippen LogP contribution is -2.52. The Kier molecular flexibility index (Phi) is 8.16. The number of nitrogens with zero attached hydrogens (tertiary/aromatic N) is 8. The largest absolute Gasteiger partial charge is 0.389 e. The van der Waals surface area contributed by atoms with Crippen molar-refractivity contribution in [1.29, 1.82) is 0 Å². The van der Waals surface area contributed by atoms with Crippen LogP contribution >= 0.6 is 0 Å². The van der Waals surface area contributed by atoms with Crippen LogP contribution in [0.5, 0.6) is 0 Å². The molecule has 2 aliphatic rings. The van der Waals surface area contributed by atoms with E-state index in [1.807, 2.05) is 19.1 Å². The molecule has 0 aliphatic carbocycles. The van der Waals surface area contributed by atoms with E-state index in [0.717, 1.165) is 69.0 Å². The minimum atomic E-state index is -1.08. The number of piperazine rings is 1. The van der Waals surface area contributed by atoms with Gasteiger partial charge in [0.15, 0.2) is 5.82 Å². The summed E-state index contributed by atoms with van der Waals surface area (Å²) >= 11 is 0. The highest BCUT2D eigenvalue weighted by Gasteiger charge is 2.28. The first-order valence-electron chi connectivity index (χ1n) is 15.3. The van der Waals surface area contributed by atoms with Crippen LogP contribution in [0.25, 0.3) is 22.3 Å². The number of nitrogens with one attached hydrogen (secondary N) is 1. The molecule has 5 heterocycles. The lowest BCUT2D eigenvalue weighted by atomic mass is 10.0. The molecule has 0 spiro atoms. The van der Waals surface area contributed by atoms with E-state index < -0.39 is 17.3 Å². The van der Waals surface area contributed by atoms with Gasteiger partial charge in [0.05, 0.1) is 34.9 Å². The normalized spacial score (nSPS) is 17.5. The van der Waals surface area contributed by atoms with Gasteiger partial charge < -0.3 is 19.5 Å². The fraction of sp³-hybridized carbons (Fsp3) is 0.500. The second kappa shape index (κ2) is 11.9. The van der Waals surface area contributed by atoms with Crippen molar-refractivity contribution >= 4 is 28.6 Å². The quantitative estimate of drug-likeness (QED) is 0.331. The van der Waals surface area contributed by atoms with Crippen LogP contribution in [-0.2, 0) is 13.6 Å². The number of likely N-dealkylation sites (N-methyl/N-ethyl adjacent to an activating group) is 1. The molecule has 2 N–H and O–H groups in total. The van der Waals surface area contributed by atoms with Crippen molar-refractivity contribution < 1.29 is 14.3 Å². The Morgan fingerprint density at radius 2 is 1.82 bits per heavy atom. The zero-order valence-corrected chi connectivity index (χ0v) is 26.2. The SMILES string of the molecule is Cc1c(-c2nccc(C(=O)Nc3nc4cc(N5CCC(N6CCN(C)CC6)CC5)ccc4n3CC(C)(C)O)c2F)cnn1C. The molecule has 234 valence electrons. The van der Waals surface area contributed by atoms with Crippen LogP contribution in [-0.4, -0.2) is 103 Å². The molecular formula is C32H42FN9O2. The van der Waals surface area contributed by atoms with Gasteiger partial charge in [0.25, 0.3) is 5.91 Å². The summed E-state index contributed by atoms with van der Waals surface area (Å²) in [5.74, 6) is -1.13. The number of fused-ring (bicyclic) bond motifs is 1. The molecule has 11 nitrogen and oxygen atoms in total. The minimum Gasteiger partial charge on any atom is -0.389 e. The van der Waals surface area contributed by atoms with Crippen molar-refractivity contribution in [3.8, 4) is 11.3 Å². The minimum absolute atomic E-state index is 0.0641. The second-order valence-electron chi connectivity index (χ2n) is 12.8. The zero-order chi connectivity index (χ0) is 31.2. The van der Waals surface area contributed by atoms with E-state index in [9.17, 15) is 9.90 Å². The van der Waals surface area contributed by atoms with Crippen molar-refractivity contribution in [2.75, 3.05) is 56.5 Å². The van der Waals surface area contributed by atoms with Crippen molar-refractivity contribution in [1.82, 2.24) is 34.1 Å². The van der Waals surface area contributed by atoms with Gasteiger partial charge >= 0.3 is 0 Å². The molecular weight excluding hydrogens is 561 g/mol. The predicted molar refractivity (Wildman–Crippen MR) is 169 cm³/mol. The standard InChI is InChI=1S/C32H42FN9O2/c1-21-25(19-35-39(21)5)29-28(33)24(8-11-34-29)30(43)37-31-36-26-18-23(6-7-27(26)42(31)20-32(2,3)44)40-12-9-22(10-13-40)41-16-14-38(4)15-17-41/h6-8,11,18-19,22,44H,9-10,12-17,20H2,1-5H3,(H,36,37,43). The molecule has 12 heteroatoms. The molecule has 0 bridgehead atoms. The molecule has 0 saturated carbocycles. The monoisotopic (exact) mass is 603 g/mol. The highest BCUT2D eigenvalue weighted by molar-refractivity contribution is 6.05. The van der Waals surface area contributed by atoms with Gasteiger partial charge in [-0.2, -0.15) is 5.10 Å². The van der Waals surface area contributed by atoms with Gasteiger partial charge in [-0.25, -0.2) is 9.37 Å². The van der Waals surface area contributed by atoms with Crippen LogP contribution in [0, 0.1) is 12.7 Å². The lowest BCUT2D eigenvalue weighted by Gasteiger charge is -2.42. The van der Waals surface area contributed by atoms with Gasteiger partial charge in [-0.3, -0.25) is 24.7 Å². The third-order valence-corrected chi connectivity index (χ3v) is 9.01. The number of benzene rings is 1. The summed E-state index contributed by atoms with van der Waals surface area (Å²) in [5, 5.41) is 17.7. The average Bonchev–Trinajstić information content (AvgIpc) is 3.50. The number of aromatic nitrogens is 5. The zero-order valence-electron chi connectivity index (χ0n) is 26.2. The van der Waals surface area contributed by atoms with Gasteiger partial charge in [0.1, 0.15) is 5.69 Å². The van der Waals surface area contributed by atoms with Crippen LogP contribution in [0.3, 0.4) is 0 Å². The average molecular weight is 604 g/mol. The first-order chi connectivity index (χ1) is 21.0. The summed E-state index contributed by atoms with van der Waals surface area (Å²) in [4.78, 5) is 29.9. The topological polar surface area (TPSA) is 108 Å². The van der Waals surface area contributed by atoms with Gasteiger partial charge in [-0.05, 0) is 64.9 Å². The Morgan fingerprint density at radius 1 is 1.09 bits per heavy atom. The molecule has 4 aromatic rings. The third-order valence-electron chi connectivity index (χ3n) is 9.01. The van der Waals surface area contributed by atoms with Crippen molar-refractivity contribution in [2.24, 2.45) is 7.05 Å². The number of hydrogen-bond acceptors (Lipinski definition) is 8. The van der Waals surface area contributed by atoms with Crippen LogP contribution in [0.4, 0.5) is 16.0 Å². The molecule has 2 fully saturated rings. The van der Waals surface area contributed by atoms with E-state index in [2.05, 4.69) is 43.2 Å². The van der Waals surface area contributed by atoms with E-state index in [-0.39, 0.29) is 23.8 Å². The number of carbonyl (C=O) groups is 1. The van der Waals surface area contributed by atoms with E-state index in [1.165, 1.54) is 18.5 Å². The summed E-state index contributed by atoms with van der Waals surface area (Å²) in [6.07, 6.45) is 5.19. The highest BCUT2D eigenvalue weighted by Crippen LogP contribution is 2.30. The fourth-order valence-electron chi connectivity index (χ4n) is 6.34. The molecule has 1 amide bonds. The highest BCUT2D eigenvalue weighted by atomic mass is 19.1. The van der Waals surface area contributed by atoms with E-state index in [4.69, 9.17) is 4.98 Å². The summed E-state index contributed by atoms with van der Waals surface area (Å²) in [6.45, 7) is 11.9. The van der Waals surface area contributed by atoms with Gasteiger partial charge in [0, 0.05) is 75.5 Å². The smallest absolute Gasteiger partial charge is 0.261 e. The van der Waals surface area contributed by atoms with Crippen molar-refractivity contribution in [3.63, 3.8) is 0 Å². The number of carbonyl (C=O) groups excluding carboxylic acids is 1. The van der Waals surface area contributed by atoms with Crippen LogP contribution in [0.2, 0.25) is 0 Å². The number of halogens is 1. The summed E-state index contributed by atoms with van der Waals surface area (Å²) in [7, 11) is 3.95. The summed E-state index contributed by atoms with van der Waals surface area (Å²) in [6, 6.07) is 8.08. The first kappa shape index (κ1) is 30.2. The molecule has 0 radical (unpaired) electrons. The predicted octanol–water partition coefficient (Wildman–Crippen LogP) is 3.52. The maximum absolute atomic E-state index is 15.7. The molecule has 0 unspecified atom stereocenters. The number of imidazole rings is 1. The van der Waals surface area contributed by atoms with Gasteiger partial charge in [0.2, 0.25) is 5.95 Å². The Hall–Kier alpha value is -3.87. The second-order valence-corrected chi connectivity index (χ2v) is 12.8. The summed E-state index contributed by atoms with van der Waals surface area (Å²) in [5.41, 5.74) is 2.65. The maximum Gasteiger partial charge on any atom is 0.261 e. The number of amides is 1. The van der Waals surface area contributed by atoms with Gasteiger partial charge in [-0.15, -0.1) is 0 Å². The number of anilines is 2. The Balaban J connectivity index is 1.24. The summed E-state index contributed by atoms with van der Waals surface area (Å²) < 4.78 is 19.1. The molecule has 1 aromatic carbocycles. The van der Waals surface area contributed by atoms with Crippen LogP contribution < -0.4 is 10.2 Å². The van der Waals surface area contributed by atoms with Crippen molar-refractivity contribution in [2.45, 2.75) is 51.8 Å². The molecule has 44 heavy (non-hydrogen) atoms. The van der Waals surface area contributed by atoms with Crippen molar-refractivity contribution in [3.05, 3.63) is 53.7 Å². The van der Waals surface area contributed by atoms with Crippen LogP contribution in [0.15, 0.2) is 36.7 Å².